The van der Waals surface area contributed by atoms with E-state index in [4.69, 9.17) is 18.9 Å². The molecule has 5 aromatic rings. The van der Waals surface area contributed by atoms with Crippen LogP contribution in [0.2, 0.25) is 0 Å². The van der Waals surface area contributed by atoms with Crippen LogP contribution in [0, 0.1) is 6.92 Å². The van der Waals surface area contributed by atoms with Crippen molar-refractivity contribution in [2.75, 3.05) is 7.11 Å². The third-order valence-electron chi connectivity index (χ3n) is 5.36. The van der Waals surface area contributed by atoms with Gasteiger partial charge in [-0.1, -0.05) is 6.07 Å². The highest BCUT2D eigenvalue weighted by atomic mass is 32.1. The monoisotopic (exact) mass is 461 g/mol. The molecule has 0 fully saturated rings. The number of aromatic nitrogens is 3. The van der Waals surface area contributed by atoms with Crippen LogP contribution in [0.15, 0.2) is 57.1 Å². The molecule has 0 N–H and O–H groups in total. The molecule has 4 heterocycles. The van der Waals surface area contributed by atoms with E-state index < -0.39 is 11.6 Å². The molecule has 0 aliphatic carbocycles. The van der Waals surface area contributed by atoms with Crippen molar-refractivity contribution in [3.8, 4) is 16.3 Å². The summed E-state index contributed by atoms with van der Waals surface area (Å²) in [6, 6.07) is 12.1. The lowest BCUT2D eigenvalue weighted by Crippen LogP contribution is -2.09. The van der Waals surface area contributed by atoms with Gasteiger partial charge in [-0.25, -0.2) is 14.6 Å². The summed E-state index contributed by atoms with van der Waals surface area (Å²) < 4.78 is 17.8. The van der Waals surface area contributed by atoms with Gasteiger partial charge in [0.05, 0.1) is 34.3 Å². The molecule has 0 unspecified atom stereocenters. The third-order valence-corrected chi connectivity index (χ3v) is 6.25. The van der Waals surface area contributed by atoms with E-state index in [1.54, 1.807) is 36.0 Å². The predicted molar refractivity (Wildman–Crippen MR) is 125 cm³/mol. The minimum Gasteiger partial charge on any atom is -0.497 e. The van der Waals surface area contributed by atoms with Gasteiger partial charge in [0.25, 0.3) is 0 Å². The Kier molecular flexibility index (Phi) is 5.18. The molecule has 0 aliphatic heterocycles. The van der Waals surface area contributed by atoms with Gasteiger partial charge in [-0.3, -0.25) is 4.68 Å². The number of carbonyl (C=O) groups is 1. The molecule has 166 valence electrons. The summed E-state index contributed by atoms with van der Waals surface area (Å²) in [4.78, 5) is 30.9. The van der Waals surface area contributed by atoms with Crippen molar-refractivity contribution < 1.29 is 18.7 Å². The van der Waals surface area contributed by atoms with Crippen LogP contribution < -0.4 is 10.4 Å². The van der Waals surface area contributed by atoms with Crippen molar-refractivity contribution in [1.82, 2.24) is 14.8 Å². The normalized spacial score (nSPS) is 11.2. The van der Waals surface area contributed by atoms with Gasteiger partial charge in [0.2, 0.25) is 0 Å². The first kappa shape index (κ1) is 20.9. The minimum absolute atomic E-state index is 0.0925. The summed E-state index contributed by atoms with van der Waals surface area (Å²) >= 11 is 1.53. The molecule has 33 heavy (non-hydrogen) atoms. The Morgan fingerprint density at radius 3 is 2.82 bits per heavy atom. The summed E-state index contributed by atoms with van der Waals surface area (Å²) in [6.45, 7) is 1.74. The molecule has 0 amide bonds. The summed E-state index contributed by atoms with van der Waals surface area (Å²) in [6.07, 6.45) is 0. The van der Waals surface area contributed by atoms with Crippen LogP contribution in [-0.4, -0.2) is 27.8 Å². The first-order chi connectivity index (χ1) is 15.9. The zero-order valence-corrected chi connectivity index (χ0v) is 18.9. The number of hydrogen-bond donors (Lipinski definition) is 0. The number of pyridine rings is 1. The molecule has 0 saturated heterocycles. The Morgan fingerprint density at radius 1 is 1.21 bits per heavy atom. The Morgan fingerprint density at radius 2 is 2.06 bits per heavy atom. The Hall–Kier alpha value is -3.98. The van der Waals surface area contributed by atoms with E-state index in [2.05, 4.69) is 5.10 Å². The van der Waals surface area contributed by atoms with Gasteiger partial charge in [0, 0.05) is 30.1 Å². The molecule has 9 heteroatoms. The molecule has 0 spiro atoms. The predicted octanol–water partition coefficient (Wildman–Crippen LogP) is 4.48. The van der Waals surface area contributed by atoms with Gasteiger partial charge >= 0.3 is 11.6 Å². The number of aryl methyl sites for hydroxylation is 2. The number of benzene rings is 1. The lowest BCUT2D eigenvalue weighted by molar-refractivity contribution is 0.0476. The lowest BCUT2D eigenvalue weighted by Gasteiger charge is -2.10. The molecule has 0 aliphatic rings. The maximum atomic E-state index is 13.2. The molecule has 0 bridgehead atoms. The Bertz CT molecular complexity index is 1570. The Labute approximate surface area is 192 Å². The van der Waals surface area contributed by atoms with Crippen molar-refractivity contribution in [2.45, 2.75) is 13.5 Å². The number of nitrogens with zero attached hydrogens (tertiary/aromatic N) is 3. The highest BCUT2D eigenvalue weighted by Crippen LogP contribution is 2.30. The average Bonchev–Trinajstić information content (AvgIpc) is 3.44. The number of rotatable bonds is 5. The average molecular weight is 461 g/mol. The quantitative estimate of drug-likeness (QED) is 0.281. The number of carbonyl (C=O) groups excluding carboxylic acids is 1. The number of ether oxygens (including phenoxy) is 2. The van der Waals surface area contributed by atoms with Gasteiger partial charge in [-0.05, 0) is 36.6 Å². The van der Waals surface area contributed by atoms with E-state index in [9.17, 15) is 9.59 Å². The maximum absolute atomic E-state index is 13.2. The van der Waals surface area contributed by atoms with Gasteiger partial charge in [0.1, 0.15) is 17.9 Å². The second-order valence-electron chi connectivity index (χ2n) is 7.47. The number of esters is 1. The van der Waals surface area contributed by atoms with Gasteiger partial charge in [-0.15, -0.1) is 11.3 Å². The Balaban J connectivity index is 1.53. The molecule has 0 saturated carbocycles. The smallest absolute Gasteiger partial charge is 0.339 e. The van der Waals surface area contributed by atoms with Gasteiger partial charge < -0.3 is 13.9 Å². The molecular formula is C24H19N3O5S. The van der Waals surface area contributed by atoms with Crippen molar-refractivity contribution >= 4 is 39.3 Å². The zero-order valence-electron chi connectivity index (χ0n) is 18.1. The topological polar surface area (TPSA) is 96.5 Å². The lowest BCUT2D eigenvalue weighted by atomic mass is 10.1. The van der Waals surface area contributed by atoms with Crippen LogP contribution in [0.1, 0.15) is 21.6 Å². The molecule has 0 radical (unpaired) electrons. The van der Waals surface area contributed by atoms with E-state index in [1.165, 1.54) is 24.5 Å². The van der Waals surface area contributed by atoms with Crippen LogP contribution in [0.25, 0.3) is 32.6 Å². The molecule has 4 aromatic heterocycles. The fraction of sp³-hybridized carbons (Fsp3) is 0.167. The number of hydrogen-bond acceptors (Lipinski definition) is 8. The third kappa shape index (κ3) is 3.76. The summed E-state index contributed by atoms with van der Waals surface area (Å²) in [5.41, 5.74) is 2.71. The largest absolute Gasteiger partial charge is 0.497 e. The van der Waals surface area contributed by atoms with E-state index >= 15 is 0 Å². The molecule has 0 atom stereocenters. The standard InChI is InChI=1S/C24H19N3O5S/c1-13-22-17(11-18(20-5-4-8-33-20)25-23(22)27(2)26-13)24(29)31-12-14-9-21(28)32-19-10-15(30-3)6-7-16(14)19/h4-11H,12H2,1-3H3. The van der Waals surface area contributed by atoms with E-state index in [1.807, 2.05) is 24.4 Å². The highest BCUT2D eigenvalue weighted by Gasteiger charge is 2.21. The highest BCUT2D eigenvalue weighted by molar-refractivity contribution is 7.13. The molecule has 1 aromatic carbocycles. The van der Waals surface area contributed by atoms with Crippen LogP contribution in [0.5, 0.6) is 5.75 Å². The summed E-state index contributed by atoms with van der Waals surface area (Å²) in [5, 5.41) is 7.69. The molecule has 8 nitrogen and oxygen atoms in total. The van der Waals surface area contributed by atoms with Crippen molar-refractivity contribution in [1.29, 1.82) is 0 Å². The van der Waals surface area contributed by atoms with Crippen LogP contribution in [0.4, 0.5) is 0 Å². The zero-order chi connectivity index (χ0) is 23.1. The SMILES string of the molecule is COc1ccc2c(COC(=O)c3cc(-c4cccs4)nc4c3c(C)nn4C)cc(=O)oc2c1. The maximum Gasteiger partial charge on any atom is 0.339 e. The number of thiophene rings is 1. The van der Waals surface area contributed by atoms with Gasteiger partial charge in [-0.2, -0.15) is 5.10 Å². The van der Waals surface area contributed by atoms with Crippen LogP contribution in [-0.2, 0) is 18.4 Å². The second-order valence-corrected chi connectivity index (χ2v) is 8.42. The summed E-state index contributed by atoms with van der Waals surface area (Å²) in [5.74, 6) is 0.0401. The number of methoxy groups -OCH3 is 1. The first-order valence-electron chi connectivity index (χ1n) is 10.1. The van der Waals surface area contributed by atoms with Crippen molar-refractivity contribution in [3.05, 3.63) is 75.1 Å². The van der Waals surface area contributed by atoms with E-state index in [0.29, 0.717) is 50.3 Å². The number of fused-ring (bicyclic) bond motifs is 2. The molecule has 5 rings (SSSR count). The van der Waals surface area contributed by atoms with E-state index in [-0.39, 0.29) is 6.61 Å². The summed E-state index contributed by atoms with van der Waals surface area (Å²) in [7, 11) is 3.32. The first-order valence-corrected chi connectivity index (χ1v) is 11.0. The van der Waals surface area contributed by atoms with Crippen LogP contribution >= 0.6 is 11.3 Å². The fourth-order valence-corrected chi connectivity index (χ4v) is 4.52. The van der Waals surface area contributed by atoms with Crippen molar-refractivity contribution in [3.63, 3.8) is 0 Å². The van der Waals surface area contributed by atoms with Gasteiger partial charge in [0.15, 0.2) is 5.65 Å². The van der Waals surface area contributed by atoms with Crippen LogP contribution in [0.3, 0.4) is 0 Å². The second kappa shape index (κ2) is 8.18. The van der Waals surface area contributed by atoms with E-state index in [0.717, 1.165) is 4.88 Å². The minimum atomic E-state index is -0.531. The fourth-order valence-electron chi connectivity index (χ4n) is 3.83. The van der Waals surface area contributed by atoms with Crippen molar-refractivity contribution in [2.24, 2.45) is 7.05 Å². The molecular weight excluding hydrogens is 442 g/mol.